The lowest BCUT2D eigenvalue weighted by molar-refractivity contribution is 0.726. The Labute approximate surface area is 92.2 Å². The summed E-state index contributed by atoms with van der Waals surface area (Å²) in [4.78, 5) is 1.33. The summed E-state index contributed by atoms with van der Waals surface area (Å²) in [5.41, 5.74) is 8.71. The van der Waals surface area contributed by atoms with Gasteiger partial charge in [-0.05, 0) is 52.7 Å². The molecule has 2 N–H and O–H groups in total. The molecule has 1 atom stereocenters. The minimum atomic E-state index is 0.148. The second kappa shape index (κ2) is 4.26. The van der Waals surface area contributed by atoms with Crippen molar-refractivity contribution in [2.24, 2.45) is 5.73 Å². The van der Waals surface area contributed by atoms with Crippen molar-refractivity contribution >= 4 is 22.7 Å². The largest absolute Gasteiger partial charge is 0.324 e. The molecule has 0 saturated carbocycles. The molecule has 0 aromatic carbocycles. The normalized spacial score (nSPS) is 13.0. The first kappa shape index (κ1) is 9.90. The highest BCUT2D eigenvalue weighted by Gasteiger charge is 2.08. The molecule has 1 unspecified atom stereocenters. The average Bonchev–Trinajstić information content (AvgIpc) is 2.75. The van der Waals surface area contributed by atoms with Crippen LogP contribution < -0.4 is 5.73 Å². The predicted octanol–water partition coefficient (Wildman–Crippen LogP) is 3.36. The van der Waals surface area contributed by atoms with E-state index in [0.717, 1.165) is 6.42 Å². The van der Waals surface area contributed by atoms with E-state index < -0.39 is 0 Å². The summed E-state index contributed by atoms with van der Waals surface area (Å²) in [7, 11) is 0. The fraction of sp³-hybridized carbons (Fsp3) is 0.273. The van der Waals surface area contributed by atoms with Crippen LogP contribution in [0.3, 0.4) is 0 Å². The summed E-state index contributed by atoms with van der Waals surface area (Å²) in [6, 6.07) is 4.47. The topological polar surface area (TPSA) is 26.0 Å². The summed E-state index contributed by atoms with van der Waals surface area (Å²) < 4.78 is 0. The van der Waals surface area contributed by atoms with Crippen LogP contribution in [0.2, 0.25) is 0 Å². The van der Waals surface area contributed by atoms with Gasteiger partial charge in [0, 0.05) is 10.9 Å². The van der Waals surface area contributed by atoms with E-state index in [0.29, 0.717) is 0 Å². The first-order valence-corrected chi connectivity index (χ1v) is 6.39. The maximum absolute atomic E-state index is 6.11. The van der Waals surface area contributed by atoms with Gasteiger partial charge in [0.2, 0.25) is 0 Å². The van der Waals surface area contributed by atoms with Crippen molar-refractivity contribution in [2.75, 3.05) is 0 Å². The lowest BCUT2D eigenvalue weighted by Gasteiger charge is -2.07. The molecular weight excluding hydrogens is 210 g/mol. The van der Waals surface area contributed by atoms with Crippen molar-refractivity contribution in [1.29, 1.82) is 0 Å². The number of rotatable bonds is 3. The quantitative estimate of drug-likeness (QED) is 0.848. The van der Waals surface area contributed by atoms with Gasteiger partial charge in [0.25, 0.3) is 0 Å². The van der Waals surface area contributed by atoms with E-state index in [4.69, 9.17) is 5.73 Å². The summed E-state index contributed by atoms with van der Waals surface area (Å²) in [6.45, 7) is 2.12. The van der Waals surface area contributed by atoms with Gasteiger partial charge in [-0.3, -0.25) is 0 Å². The van der Waals surface area contributed by atoms with Crippen molar-refractivity contribution in [1.82, 2.24) is 0 Å². The molecule has 2 rings (SSSR count). The van der Waals surface area contributed by atoms with Gasteiger partial charge in [-0.1, -0.05) is 0 Å². The maximum Gasteiger partial charge on any atom is 0.0344 e. The molecule has 74 valence electrons. The Bertz CT molecular complexity index is 389. The van der Waals surface area contributed by atoms with Crippen molar-refractivity contribution in [3.8, 4) is 0 Å². The molecule has 3 heteroatoms. The maximum atomic E-state index is 6.11. The van der Waals surface area contributed by atoms with Crippen LogP contribution >= 0.6 is 22.7 Å². The molecule has 14 heavy (non-hydrogen) atoms. The number of hydrogen-bond acceptors (Lipinski definition) is 3. The zero-order chi connectivity index (χ0) is 9.97. The third-order valence-corrected chi connectivity index (χ3v) is 3.83. The van der Waals surface area contributed by atoms with Gasteiger partial charge >= 0.3 is 0 Å². The molecule has 0 spiro atoms. The molecule has 2 heterocycles. The van der Waals surface area contributed by atoms with Crippen LogP contribution in [0, 0.1) is 6.92 Å². The van der Waals surface area contributed by atoms with Crippen molar-refractivity contribution in [3.63, 3.8) is 0 Å². The summed E-state index contributed by atoms with van der Waals surface area (Å²) in [5.74, 6) is 0. The molecule has 2 aromatic rings. The second-order valence-electron chi connectivity index (χ2n) is 3.43. The summed E-state index contributed by atoms with van der Waals surface area (Å²) in [5, 5.41) is 6.42. The van der Waals surface area contributed by atoms with E-state index in [9.17, 15) is 0 Å². The second-order valence-corrected chi connectivity index (χ2v) is 5.33. The SMILES string of the molecule is Cc1cc(C(N)Cc2ccsc2)cs1. The molecule has 0 fully saturated rings. The van der Waals surface area contributed by atoms with Gasteiger partial charge in [0.15, 0.2) is 0 Å². The van der Waals surface area contributed by atoms with Crippen LogP contribution in [0.25, 0.3) is 0 Å². The third-order valence-electron chi connectivity index (χ3n) is 2.21. The zero-order valence-corrected chi connectivity index (χ0v) is 9.70. The van der Waals surface area contributed by atoms with E-state index in [2.05, 4.69) is 35.2 Å². The van der Waals surface area contributed by atoms with Gasteiger partial charge in [-0.2, -0.15) is 11.3 Å². The van der Waals surface area contributed by atoms with Crippen LogP contribution in [0.1, 0.15) is 22.0 Å². The van der Waals surface area contributed by atoms with Crippen LogP contribution in [0.5, 0.6) is 0 Å². The molecule has 1 nitrogen and oxygen atoms in total. The smallest absolute Gasteiger partial charge is 0.0344 e. The van der Waals surface area contributed by atoms with E-state index in [1.165, 1.54) is 16.0 Å². The van der Waals surface area contributed by atoms with Gasteiger partial charge < -0.3 is 5.73 Å². The number of nitrogens with two attached hydrogens (primary N) is 1. The van der Waals surface area contributed by atoms with Crippen LogP contribution in [0.15, 0.2) is 28.3 Å². The van der Waals surface area contributed by atoms with E-state index in [-0.39, 0.29) is 6.04 Å². The minimum Gasteiger partial charge on any atom is -0.324 e. The van der Waals surface area contributed by atoms with Crippen LogP contribution in [-0.4, -0.2) is 0 Å². The predicted molar refractivity (Wildman–Crippen MR) is 64.0 cm³/mol. The van der Waals surface area contributed by atoms with Gasteiger partial charge in [-0.15, -0.1) is 11.3 Å². The number of thiophene rings is 2. The third kappa shape index (κ3) is 2.23. The molecule has 0 aliphatic carbocycles. The lowest BCUT2D eigenvalue weighted by atomic mass is 10.0. The van der Waals surface area contributed by atoms with Crippen molar-refractivity contribution in [2.45, 2.75) is 19.4 Å². The molecule has 0 bridgehead atoms. The van der Waals surface area contributed by atoms with Gasteiger partial charge in [0.1, 0.15) is 0 Å². The van der Waals surface area contributed by atoms with Crippen LogP contribution in [-0.2, 0) is 6.42 Å². The first-order chi connectivity index (χ1) is 6.75. The molecule has 0 saturated heterocycles. The van der Waals surface area contributed by atoms with Crippen molar-refractivity contribution < 1.29 is 0 Å². The Balaban J connectivity index is 2.06. The summed E-state index contributed by atoms with van der Waals surface area (Å²) >= 11 is 3.50. The zero-order valence-electron chi connectivity index (χ0n) is 8.07. The van der Waals surface area contributed by atoms with E-state index >= 15 is 0 Å². The first-order valence-electron chi connectivity index (χ1n) is 4.57. The summed E-state index contributed by atoms with van der Waals surface area (Å²) in [6.07, 6.45) is 0.944. The molecule has 2 aromatic heterocycles. The van der Waals surface area contributed by atoms with E-state index in [1.54, 1.807) is 22.7 Å². The fourth-order valence-corrected chi connectivity index (χ4v) is 2.89. The van der Waals surface area contributed by atoms with Gasteiger partial charge in [0.05, 0.1) is 0 Å². The standard InChI is InChI=1S/C11H13NS2/c1-8-4-10(7-14-8)11(12)5-9-2-3-13-6-9/h2-4,6-7,11H,5,12H2,1H3. The Morgan fingerprint density at radius 2 is 2.29 bits per heavy atom. The number of hydrogen-bond donors (Lipinski definition) is 1. The Kier molecular flexibility index (Phi) is 3.01. The van der Waals surface area contributed by atoms with E-state index in [1.807, 2.05) is 0 Å². The van der Waals surface area contributed by atoms with Crippen molar-refractivity contribution in [3.05, 3.63) is 44.3 Å². The highest BCUT2D eigenvalue weighted by atomic mass is 32.1. The molecule has 0 aliphatic rings. The highest BCUT2D eigenvalue weighted by molar-refractivity contribution is 7.10. The molecule has 0 amide bonds. The lowest BCUT2D eigenvalue weighted by Crippen LogP contribution is -2.11. The molecular formula is C11H13NS2. The Hall–Kier alpha value is -0.640. The number of aryl methyl sites for hydroxylation is 1. The Morgan fingerprint density at radius 3 is 2.86 bits per heavy atom. The fourth-order valence-electron chi connectivity index (χ4n) is 1.44. The average molecular weight is 223 g/mol. The molecule has 0 aliphatic heterocycles. The van der Waals surface area contributed by atoms with Crippen LogP contribution in [0.4, 0.5) is 0 Å². The van der Waals surface area contributed by atoms with Gasteiger partial charge in [-0.25, -0.2) is 0 Å². The minimum absolute atomic E-state index is 0.148. The molecule has 0 radical (unpaired) electrons. The monoisotopic (exact) mass is 223 g/mol. The highest BCUT2D eigenvalue weighted by Crippen LogP contribution is 2.22. The Morgan fingerprint density at radius 1 is 1.43 bits per heavy atom.